The minimum atomic E-state index is 0.985. The number of hydrogen-bond donors (Lipinski definition) is 0. The molecule has 20 heavy (non-hydrogen) atoms. The molecule has 0 aliphatic carbocycles. The van der Waals surface area contributed by atoms with Crippen molar-refractivity contribution in [1.29, 1.82) is 0 Å². The third kappa shape index (κ3) is 2.86. The molecule has 3 heterocycles. The lowest BCUT2D eigenvalue weighted by molar-refractivity contribution is 0.312. The summed E-state index contributed by atoms with van der Waals surface area (Å²) in [5, 5.41) is 4.35. The summed E-state index contributed by atoms with van der Waals surface area (Å²) in [6, 6.07) is 6.65. The number of aryl methyl sites for hydroxylation is 1. The first kappa shape index (κ1) is 13.6. The highest BCUT2D eigenvalue weighted by Gasteiger charge is 2.16. The number of rotatable bonds is 3. The maximum Gasteiger partial charge on any atom is 0.129 e. The Kier molecular flexibility index (Phi) is 4.03. The molecule has 4 heteroatoms. The van der Waals surface area contributed by atoms with Crippen LogP contribution in [0.4, 0.5) is 5.82 Å². The molecule has 0 saturated carbocycles. The van der Waals surface area contributed by atoms with Crippen molar-refractivity contribution in [1.82, 2.24) is 9.88 Å². The summed E-state index contributed by atoms with van der Waals surface area (Å²) < 4.78 is 0. The summed E-state index contributed by atoms with van der Waals surface area (Å²) in [4.78, 5) is 9.61. The van der Waals surface area contributed by atoms with Gasteiger partial charge in [-0.1, -0.05) is 6.92 Å². The molecule has 0 amide bonds. The fraction of sp³-hybridized carbons (Fsp3) is 0.438. The van der Waals surface area contributed by atoms with Crippen molar-refractivity contribution in [3.8, 4) is 11.1 Å². The van der Waals surface area contributed by atoms with Crippen molar-refractivity contribution >= 4 is 17.2 Å². The van der Waals surface area contributed by atoms with Gasteiger partial charge in [0.05, 0.1) is 0 Å². The largest absolute Gasteiger partial charge is 0.354 e. The van der Waals surface area contributed by atoms with E-state index in [4.69, 9.17) is 4.98 Å². The van der Waals surface area contributed by atoms with Crippen LogP contribution >= 0.6 is 11.3 Å². The normalized spacial score (nSPS) is 16.6. The smallest absolute Gasteiger partial charge is 0.129 e. The van der Waals surface area contributed by atoms with Gasteiger partial charge in [0.1, 0.15) is 5.82 Å². The molecule has 0 atom stereocenters. The number of likely N-dealkylation sites (N-methyl/N-ethyl adjacent to an activating group) is 1. The molecule has 3 nitrogen and oxygen atoms in total. The molecule has 106 valence electrons. The average molecular weight is 287 g/mol. The highest BCUT2D eigenvalue weighted by atomic mass is 32.1. The lowest BCUT2D eigenvalue weighted by atomic mass is 10.1. The van der Waals surface area contributed by atoms with Crippen LogP contribution in [-0.4, -0.2) is 43.1 Å². The van der Waals surface area contributed by atoms with Crippen molar-refractivity contribution in [2.75, 3.05) is 38.1 Å². The van der Waals surface area contributed by atoms with Crippen LogP contribution < -0.4 is 4.90 Å². The Bertz CT molecular complexity index is 557. The second kappa shape index (κ2) is 5.94. The van der Waals surface area contributed by atoms with Crippen molar-refractivity contribution < 1.29 is 0 Å². The van der Waals surface area contributed by atoms with Gasteiger partial charge in [-0.25, -0.2) is 4.98 Å². The second-order valence-corrected chi connectivity index (χ2v) is 6.14. The van der Waals surface area contributed by atoms with Crippen molar-refractivity contribution in [3.63, 3.8) is 0 Å². The van der Waals surface area contributed by atoms with Gasteiger partial charge >= 0.3 is 0 Å². The van der Waals surface area contributed by atoms with Crippen LogP contribution in [0.5, 0.6) is 0 Å². The van der Waals surface area contributed by atoms with E-state index >= 15 is 0 Å². The molecule has 3 rings (SSSR count). The minimum absolute atomic E-state index is 0.985. The molecule has 0 radical (unpaired) electrons. The average Bonchev–Trinajstić information content (AvgIpc) is 3.02. The van der Waals surface area contributed by atoms with Crippen LogP contribution in [0, 0.1) is 0 Å². The molecule has 0 spiro atoms. The molecule has 0 N–H and O–H groups in total. The second-order valence-electron chi connectivity index (χ2n) is 5.36. The van der Waals surface area contributed by atoms with E-state index in [0.717, 1.165) is 38.4 Å². The van der Waals surface area contributed by atoms with Gasteiger partial charge in [-0.05, 0) is 53.6 Å². The van der Waals surface area contributed by atoms with Crippen LogP contribution in [-0.2, 0) is 6.42 Å². The number of hydrogen-bond acceptors (Lipinski definition) is 4. The first-order valence-corrected chi connectivity index (χ1v) is 8.17. The number of thiophene rings is 1. The first-order chi connectivity index (χ1) is 9.76. The van der Waals surface area contributed by atoms with Gasteiger partial charge in [0, 0.05) is 31.9 Å². The van der Waals surface area contributed by atoms with Crippen LogP contribution in [0.1, 0.15) is 12.6 Å². The van der Waals surface area contributed by atoms with Gasteiger partial charge in [-0.3, -0.25) is 0 Å². The zero-order valence-corrected chi connectivity index (χ0v) is 13.0. The van der Waals surface area contributed by atoms with Crippen LogP contribution in [0.3, 0.4) is 0 Å². The number of piperazine rings is 1. The summed E-state index contributed by atoms with van der Waals surface area (Å²) in [5.41, 5.74) is 3.79. The highest BCUT2D eigenvalue weighted by molar-refractivity contribution is 7.08. The van der Waals surface area contributed by atoms with Crippen LogP contribution in [0.2, 0.25) is 0 Å². The molecule has 1 saturated heterocycles. The van der Waals surface area contributed by atoms with E-state index < -0.39 is 0 Å². The van der Waals surface area contributed by atoms with E-state index in [2.05, 4.69) is 52.7 Å². The van der Waals surface area contributed by atoms with Crippen LogP contribution in [0.25, 0.3) is 11.1 Å². The lowest BCUT2D eigenvalue weighted by Crippen LogP contribution is -2.44. The first-order valence-electron chi connectivity index (χ1n) is 7.23. The number of anilines is 1. The van der Waals surface area contributed by atoms with E-state index in [1.54, 1.807) is 11.3 Å². The number of aromatic nitrogens is 1. The van der Waals surface area contributed by atoms with Gasteiger partial charge in [-0.15, -0.1) is 0 Å². The summed E-state index contributed by atoms with van der Waals surface area (Å²) >= 11 is 1.75. The Balaban J connectivity index is 1.92. The molecule has 2 aromatic rings. The van der Waals surface area contributed by atoms with Gasteiger partial charge in [0.15, 0.2) is 0 Å². The molecule has 1 aliphatic heterocycles. The predicted octanol–water partition coefficient (Wildman–Crippen LogP) is 3.12. The van der Waals surface area contributed by atoms with Crippen molar-refractivity contribution in [2.45, 2.75) is 13.3 Å². The van der Waals surface area contributed by atoms with Crippen LogP contribution in [0.15, 0.2) is 29.0 Å². The summed E-state index contributed by atoms with van der Waals surface area (Å²) in [6.45, 7) is 6.55. The van der Waals surface area contributed by atoms with E-state index in [1.165, 1.54) is 16.8 Å². The van der Waals surface area contributed by atoms with E-state index in [-0.39, 0.29) is 0 Å². The summed E-state index contributed by atoms with van der Waals surface area (Å²) in [7, 11) is 2.18. The molecule has 1 aliphatic rings. The Labute approximate surface area is 124 Å². The minimum Gasteiger partial charge on any atom is -0.354 e. The Morgan fingerprint density at radius 1 is 1.15 bits per heavy atom. The summed E-state index contributed by atoms with van der Waals surface area (Å²) in [6.07, 6.45) is 0.985. The van der Waals surface area contributed by atoms with Crippen molar-refractivity contribution in [3.05, 3.63) is 34.7 Å². The molecule has 2 aromatic heterocycles. The number of nitrogens with zero attached hydrogens (tertiary/aromatic N) is 3. The van der Waals surface area contributed by atoms with E-state index in [1.807, 2.05) is 0 Å². The predicted molar refractivity (Wildman–Crippen MR) is 86.6 cm³/mol. The van der Waals surface area contributed by atoms with Gasteiger partial charge in [-0.2, -0.15) is 11.3 Å². The third-order valence-electron chi connectivity index (χ3n) is 3.91. The standard InChI is InChI=1S/C16H21N3S/c1-3-15-10-14(13-4-9-20-12-13)11-16(17-15)19-7-5-18(2)6-8-19/h4,9-12H,3,5-8H2,1-2H3. The lowest BCUT2D eigenvalue weighted by Gasteiger charge is -2.33. The molecule has 0 bridgehead atoms. The third-order valence-corrected chi connectivity index (χ3v) is 4.59. The zero-order chi connectivity index (χ0) is 13.9. The Hall–Kier alpha value is -1.39. The summed E-state index contributed by atoms with van der Waals surface area (Å²) in [5.74, 6) is 1.14. The topological polar surface area (TPSA) is 19.4 Å². The van der Waals surface area contributed by atoms with E-state index in [0.29, 0.717) is 0 Å². The van der Waals surface area contributed by atoms with Crippen molar-refractivity contribution in [2.24, 2.45) is 0 Å². The van der Waals surface area contributed by atoms with Gasteiger partial charge in [0.25, 0.3) is 0 Å². The Morgan fingerprint density at radius 3 is 2.60 bits per heavy atom. The molecular weight excluding hydrogens is 266 g/mol. The zero-order valence-electron chi connectivity index (χ0n) is 12.2. The van der Waals surface area contributed by atoms with Gasteiger partial charge < -0.3 is 9.80 Å². The SMILES string of the molecule is CCc1cc(-c2ccsc2)cc(N2CCN(C)CC2)n1. The molecule has 1 fully saturated rings. The molecule has 0 unspecified atom stereocenters. The van der Waals surface area contributed by atoms with Gasteiger partial charge in [0.2, 0.25) is 0 Å². The molecular formula is C16H21N3S. The maximum absolute atomic E-state index is 4.82. The molecule has 0 aromatic carbocycles. The quantitative estimate of drug-likeness (QED) is 0.864. The van der Waals surface area contributed by atoms with E-state index in [9.17, 15) is 0 Å². The number of pyridine rings is 1. The monoisotopic (exact) mass is 287 g/mol. The maximum atomic E-state index is 4.82. The fourth-order valence-corrected chi connectivity index (χ4v) is 3.21. The highest BCUT2D eigenvalue weighted by Crippen LogP contribution is 2.27. The Morgan fingerprint density at radius 2 is 1.95 bits per heavy atom. The fourth-order valence-electron chi connectivity index (χ4n) is 2.55.